The molecule has 0 unspecified atom stereocenters. The SMILES string of the molecule is Cc1cc2c(NN)cc(C(F)(F)F)nc2cc1Cl. The number of benzene rings is 1. The molecule has 1 aromatic carbocycles. The molecule has 18 heavy (non-hydrogen) atoms. The van der Waals surface area contributed by atoms with Crippen molar-refractivity contribution in [3.8, 4) is 0 Å². The molecule has 3 nitrogen and oxygen atoms in total. The van der Waals surface area contributed by atoms with E-state index < -0.39 is 11.9 Å². The van der Waals surface area contributed by atoms with Crippen molar-refractivity contribution in [2.45, 2.75) is 13.1 Å². The van der Waals surface area contributed by atoms with Crippen molar-refractivity contribution in [2.24, 2.45) is 5.84 Å². The first-order valence-electron chi connectivity index (χ1n) is 4.97. The molecule has 0 atom stereocenters. The lowest BCUT2D eigenvalue weighted by molar-refractivity contribution is -0.140. The molecule has 0 bridgehead atoms. The predicted octanol–water partition coefficient (Wildman–Crippen LogP) is 3.50. The third-order valence-corrected chi connectivity index (χ3v) is 2.94. The minimum absolute atomic E-state index is 0.147. The number of alkyl halides is 3. The molecule has 2 aromatic rings. The summed E-state index contributed by atoms with van der Waals surface area (Å²) >= 11 is 5.88. The number of hydrogen-bond acceptors (Lipinski definition) is 3. The molecule has 0 saturated heterocycles. The summed E-state index contributed by atoms with van der Waals surface area (Å²) in [5.41, 5.74) is 2.28. The lowest BCUT2D eigenvalue weighted by Crippen LogP contribution is -2.12. The molecule has 0 aliphatic carbocycles. The summed E-state index contributed by atoms with van der Waals surface area (Å²) in [4.78, 5) is 3.55. The Kier molecular flexibility index (Phi) is 3.08. The van der Waals surface area contributed by atoms with E-state index in [0.717, 1.165) is 11.6 Å². The van der Waals surface area contributed by atoms with Gasteiger partial charge in [-0.1, -0.05) is 11.6 Å². The van der Waals surface area contributed by atoms with Gasteiger partial charge in [0.05, 0.1) is 11.2 Å². The van der Waals surface area contributed by atoms with E-state index in [1.54, 1.807) is 13.0 Å². The average Bonchev–Trinajstić information content (AvgIpc) is 2.28. The van der Waals surface area contributed by atoms with Crippen molar-refractivity contribution in [3.63, 3.8) is 0 Å². The van der Waals surface area contributed by atoms with Crippen molar-refractivity contribution in [1.29, 1.82) is 0 Å². The Morgan fingerprint density at radius 2 is 1.94 bits per heavy atom. The number of rotatable bonds is 1. The summed E-state index contributed by atoms with van der Waals surface area (Å²) in [5.74, 6) is 5.24. The monoisotopic (exact) mass is 275 g/mol. The van der Waals surface area contributed by atoms with Gasteiger partial charge in [-0.3, -0.25) is 5.84 Å². The Bertz CT molecular complexity index is 610. The molecule has 3 N–H and O–H groups in total. The Morgan fingerprint density at radius 3 is 2.50 bits per heavy atom. The third-order valence-electron chi connectivity index (χ3n) is 2.54. The number of fused-ring (bicyclic) bond motifs is 1. The van der Waals surface area contributed by atoms with Gasteiger partial charge in [0.25, 0.3) is 0 Å². The Hall–Kier alpha value is -1.53. The first-order chi connectivity index (χ1) is 8.32. The van der Waals surface area contributed by atoms with E-state index in [0.29, 0.717) is 10.4 Å². The van der Waals surface area contributed by atoms with Crippen molar-refractivity contribution >= 4 is 28.2 Å². The highest BCUT2D eigenvalue weighted by Gasteiger charge is 2.33. The zero-order chi connectivity index (χ0) is 13.5. The summed E-state index contributed by atoms with van der Waals surface area (Å²) in [5, 5.41) is 0.852. The average molecular weight is 276 g/mol. The molecule has 0 radical (unpaired) electrons. The number of anilines is 1. The van der Waals surface area contributed by atoms with Gasteiger partial charge in [-0.05, 0) is 30.7 Å². The minimum Gasteiger partial charge on any atom is -0.323 e. The summed E-state index contributed by atoms with van der Waals surface area (Å²) in [6.45, 7) is 1.75. The largest absolute Gasteiger partial charge is 0.433 e. The van der Waals surface area contributed by atoms with E-state index >= 15 is 0 Å². The molecule has 0 spiro atoms. The molecule has 0 aliphatic rings. The molecule has 1 aromatic heterocycles. The summed E-state index contributed by atoms with van der Waals surface area (Å²) in [6.07, 6.45) is -4.53. The second-order valence-electron chi connectivity index (χ2n) is 3.82. The maximum atomic E-state index is 12.6. The zero-order valence-corrected chi connectivity index (χ0v) is 10.0. The second kappa shape index (κ2) is 4.29. The molecule has 0 saturated carbocycles. The van der Waals surface area contributed by atoms with Crippen molar-refractivity contribution in [1.82, 2.24) is 4.98 Å². The predicted molar refractivity (Wildman–Crippen MR) is 64.3 cm³/mol. The maximum Gasteiger partial charge on any atom is 0.433 e. The highest BCUT2D eigenvalue weighted by atomic mass is 35.5. The number of halogens is 4. The van der Waals surface area contributed by atoms with Gasteiger partial charge >= 0.3 is 6.18 Å². The number of aryl methyl sites for hydroxylation is 1. The summed E-state index contributed by atoms with van der Waals surface area (Å²) in [6, 6.07) is 3.90. The Balaban J connectivity index is 2.80. The highest BCUT2D eigenvalue weighted by Crippen LogP contribution is 2.34. The van der Waals surface area contributed by atoms with Crippen molar-refractivity contribution in [2.75, 3.05) is 5.43 Å². The van der Waals surface area contributed by atoms with Crippen LogP contribution in [-0.4, -0.2) is 4.98 Å². The third kappa shape index (κ3) is 2.21. The first-order valence-corrected chi connectivity index (χ1v) is 5.35. The standard InChI is InChI=1S/C11H9ClF3N3/c1-5-2-6-8(3-7(5)12)17-10(11(13,14)15)4-9(6)18-16/h2-4H,16H2,1H3,(H,17,18). The Labute approximate surface area is 106 Å². The highest BCUT2D eigenvalue weighted by molar-refractivity contribution is 6.32. The van der Waals surface area contributed by atoms with Gasteiger partial charge in [0.2, 0.25) is 0 Å². The van der Waals surface area contributed by atoms with Crippen LogP contribution in [0.1, 0.15) is 11.3 Å². The van der Waals surface area contributed by atoms with Gasteiger partial charge in [-0.15, -0.1) is 0 Å². The number of hydrogen-bond donors (Lipinski definition) is 2. The lowest BCUT2D eigenvalue weighted by Gasteiger charge is -2.12. The van der Waals surface area contributed by atoms with E-state index in [4.69, 9.17) is 17.4 Å². The molecule has 2 rings (SSSR count). The number of hydrazine groups is 1. The normalized spacial score (nSPS) is 11.9. The van der Waals surface area contributed by atoms with Gasteiger partial charge in [0.1, 0.15) is 5.69 Å². The van der Waals surface area contributed by atoms with E-state index in [1.807, 2.05) is 0 Å². The first kappa shape index (κ1) is 12.9. The van der Waals surface area contributed by atoms with Crippen LogP contribution in [0.25, 0.3) is 10.9 Å². The van der Waals surface area contributed by atoms with Gasteiger partial charge in [-0.25, -0.2) is 4.98 Å². The fourth-order valence-corrected chi connectivity index (χ4v) is 1.78. The topological polar surface area (TPSA) is 50.9 Å². The van der Waals surface area contributed by atoms with Crippen LogP contribution in [0.3, 0.4) is 0 Å². The van der Waals surface area contributed by atoms with Crippen LogP contribution >= 0.6 is 11.6 Å². The molecule has 1 heterocycles. The van der Waals surface area contributed by atoms with Crippen LogP contribution in [0.2, 0.25) is 5.02 Å². The lowest BCUT2D eigenvalue weighted by atomic mass is 10.1. The Morgan fingerprint density at radius 1 is 1.28 bits per heavy atom. The minimum atomic E-state index is -4.53. The summed E-state index contributed by atoms with van der Waals surface area (Å²) in [7, 11) is 0. The number of nitrogen functional groups attached to an aromatic ring is 1. The van der Waals surface area contributed by atoms with Crippen LogP contribution in [0.5, 0.6) is 0 Å². The van der Waals surface area contributed by atoms with E-state index in [9.17, 15) is 13.2 Å². The molecule has 0 aliphatic heterocycles. The second-order valence-corrected chi connectivity index (χ2v) is 4.22. The van der Waals surface area contributed by atoms with Crippen LogP contribution in [-0.2, 0) is 6.18 Å². The zero-order valence-electron chi connectivity index (χ0n) is 9.27. The smallest absolute Gasteiger partial charge is 0.323 e. The van der Waals surface area contributed by atoms with Gasteiger partial charge in [0, 0.05) is 10.4 Å². The van der Waals surface area contributed by atoms with E-state index in [-0.39, 0.29) is 11.2 Å². The number of aromatic nitrogens is 1. The van der Waals surface area contributed by atoms with Crippen molar-refractivity contribution < 1.29 is 13.2 Å². The molecule has 96 valence electrons. The van der Waals surface area contributed by atoms with Gasteiger partial charge in [-0.2, -0.15) is 13.2 Å². The number of pyridine rings is 1. The number of nitrogens with two attached hydrogens (primary N) is 1. The molecular weight excluding hydrogens is 267 g/mol. The van der Waals surface area contributed by atoms with E-state index in [2.05, 4.69) is 10.4 Å². The summed E-state index contributed by atoms with van der Waals surface area (Å²) < 4.78 is 37.9. The van der Waals surface area contributed by atoms with Crippen molar-refractivity contribution in [3.05, 3.63) is 34.5 Å². The molecule has 7 heteroatoms. The molecular formula is C11H9ClF3N3. The fraction of sp³-hybridized carbons (Fsp3) is 0.182. The fourth-order valence-electron chi connectivity index (χ4n) is 1.62. The van der Waals surface area contributed by atoms with E-state index in [1.165, 1.54) is 6.07 Å². The van der Waals surface area contributed by atoms with Crippen LogP contribution < -0.4 is 11.3 Å². The van der Waals surface area contributed by atoms with Crippen LogP contribution in [0.15, 0.2) is 18.2 Å². The number of nitrogens with one attached hydrogen (secondary N) is 1. The van der Waals surface area contributed by atoms with Crippen LogP contribution in [0.4, 0.5) is 18.9 Å². The van der Waals surface area contributed by atoms with Gasteiger partial charge < -0.3 is 5.43 Å². The number of nitrogens with zero attached hydrogens (tertiary/aromatic N) is 1. The molecule has 0 fully saturated rings. The maximum absolute atomic E-state index is 12.6. The van der Waals surface area contributed by atoms with Crippen LogP contribution in [0, 0.1) is 6.92 Å². The molecule has 0 amide bonds. The van der Waals surface area contributed by atoms with Gasteiger partial charge in [0.15, 0.2) is 0 Å². The quantitative estimate of drug-likeness (QED) is 0.619.